The van der Waals surface area contributed by atoms with Gasteiger partial charge in [-0.05, 0) is 30.3 Å². The Balaban J connectivity index is 2.17. The number of rotatable bonds is 4. The lowest BCUT2D eigenvalue weighted by Gasteiger charge is -2.07. The van der Waals surface area contributed by atoms with Crippen molar-refractivity contribution in [3.05, 3.63) is 42.5 Å². The van der Waals surface area contributed by atoms with Crippen molar-refractivity contribution in [2.75, 3.05) is 5.43 Å². The van der Waals surface area contributed by atoms with Crippen LogP contribution in [0.2, 0.25) is 0 Å². The van der Waals surface area contributed by atoms with Crippen LogP contribution >= 0.6 is 0 Å². The molecule has 1 heterocycles. The van der Waals surface area contributed by atoms with E-state index in [0.717, 1.165) is 12.1 Å². The van der Waals surface area contributed by atoms with Gasteiger partial charge in [0.15, 0.2) is 5.58 Å². The van der Waals surface area contributed by atoms with Crippen molar-refractivity contribution in [1.82, 2.24) is 4.98 Å². The SMILES string of the molecule is N#CC(C#N)=NNc1ccc(S(=O)(=O)O)cc1-c1nc2ccccc2o1. The van der Waals surface area contributed by atoms with Gasteiger partial charge in [-0.2, -0.15) is 24.0 Å². The molecule has 3 rings (SSSR count). The zero-order valence-electron chi connectivity index (χ0n) is 12.9. The number of oxazole rings is 1. The van der Waals surface area contributed by atoms with Gasteiger partial charge in [-0.3, -0.25) is 9.98 Å². The Labute approximate surface area is 147 Å². The predicted molar refractivity (Wildman–Crippen MR) is 91.5 cm³/mol. The van der Waals surface area contributed by atoms with Crippen LogP contribution in [-0.2, 0) is 10.1 Å². The van der Waals surface area contributed by atoms with Crippen molar-refractivity contribution < 1.29 is 17.4 Å². The molecule has 9 nitrogen and oxygen atoms in total. The smallest absolute Gasteiger partial charge is 0.294 e. The van der Waals surface area contributed by atoms with Gasteiger partial charge in [-0.15, -0.1) is 0 Å². The lowest BCUT2D eigenvalue weighted by atomic mass is 10.2. The molecule has 3 aromatic rings. The molecular weight excluding hydrogens is 358 g/mol. The fourth-order valence-corrected chi connectivity index (χ4v) is 2.64. The van der Waals surface area contributed by atoms with Gasteiger partial charge in [0, 0.05) is 0 Å². The average Bonchev–Trinajstić information content (AvgIpc) is 3.05. The van der Waals surface area contributed by atoms with E-state index in [1.54, 1.807) is 36.4 Å². The van der Waals surface area contributed by atoms with Gasteiger partial charge < -0.3 is 4.42 Å². The second-order valence-electron chi connectivity index (χ2n) is 4.97. The first-order valence-corrected chi connectivity index (χ1v) is 8.48. The second-order valence-corrected chi connectivity index (χ2v) is 6.39. The number of nitrogens with one attached hydrogen (secondary N) is 1. The highest BCUT2D eigenvalue weighted by molar-refractivity contribution is 7.85. The van der Waals surface area contributed by atoms with Crippen molar-refractivity contribution >= 4 is 32.6 Å². The van der Waals surface area contributed by atoms with Crippen LogP contribution < -0.4 is 5.43 Å². The molecule has 0 bridgehead atoms. The minimum Gasteiger partial charge on any atom is -0.436 e. The Morgan fingerprint density at radius 3 is 2.58 bits per heavy atom. The monoisotopic (exact) mass is 367 g/mol. The average molecular weight is 367 g/mol. The van der Waals surface area contributed by atoms with Crippen LogP contribution in [0.4, 0.5) is 5.69 Å². The van der Waals surface area contributed by atoms with Crippen LogP contribution in [0, 0.1) is 22.7 Å². The molecule has 0 radical (unpaired) electrons. The lowest BCUT2D eigenvalue weighted by Crippen LogP contribution is -2.02. The van der Waals surface area contributed by atoms with E-state index >= 15 is 0 Å². The summed E-state index contributed by atoms with van der Waals surface area (Å²) < 4.78 is 37.7. The molecule has 0 aliphatic heterocycles. The van der Waals surface area contributed by atoms with E-state index in [0.29, 0.717) is 11.1 Å². The normalized spacial score (nSPS) is 10.7. The summed E-state index contributed by atoms with van der Waals surface area (Å²) in [7, 11) is -4.46. The Morgan fingerprint density at radius 1 is 1.19 bits per heavy atom. The first kappa shape index (κ1) is 17.1. The molecule has 2 aromatic carbocycles. The van der Waals surface area contributed by atoms with Crippen LogP contribution in [0.3, 0.4) is 0 Å². The molecule has 0 amide bonds. The number of nitriles is 2. The maximum absolute atomic E-state index is 11.4. The summed E-state index contributed by atoms with van der Waals surface area (Å²) in [5, 5.41) is 21.1. The van der Waals surface area contributed by atoms with Gasteiger partial charge in [0.1, 0.15) is 17.7 Å². The van der Waals surface area contributed by atoms with Crippen LogP contribution in [0.15, 0.2) is 56.9 Å². The van der Waals surface area contributed by atoms with Crippen LogP contribution in [-0.4, -0.2) is 23.7 Å². The molecule has 128 valence electrons. The Bertz CT molecular complexity index is 1170. The summed E-state index contributed by atoms with van der Waals surface area (Å²) >= 11 is 0. The summed E-state index contributed by atoms with van der Waals surface area (Å²) in [6.45, 7) is 0. The molecule has 0 fully saturated rings. The summed E-state index contributed by atoms with van der Waals surface area (Å²) in [6.07, 6.45) is 0. The number of para-hydroxylation sites is 2. The van der Waals surface area contributed by atoms with E-state index in [-0.39, 0.29) is 22.0 Å². The van der Waals surface area contributed by atoms with E-state index in [9.17, 15) is 13.0 Å². The van der Waals surface area contributed by atoms with Gasteiger partial charge in [-0.25, -0.2) is 4.98 Å². The number of aromatic nitrogens is 1. The van der Waals surface area contributed by atoms with Gasteiger partial charge in [0.25, 0.3) is 10.1 Å². The van der Waals surface area contributed by atoms with Crippen molar-refractivity contribution in [3.63, 3.8) is 0 Å². The highest BCUT2D eigenvalue weighted by Crippen LogP contribution is 2.32. The molecule has 0 aliphatic rings. The standard InChI is InChI=1S/C16H9N5O4S/c17-8-10(9-18)20-21-13-6-5-11(26(22,23)24)7-12(13)16-19-14-3-1-2-4-15(14)25-16/h1-7,21H,(H,22,23,24). The fourth-order valence-electron chi connectivity index (χ4n) is 2.14. The fraction of sp³-hybridized carbons (Fsp3) is 0. The number of hydrazone groups is 1. The number of fused-ring (bicyclic) bond motifs is 1. The summed E-state index contributed by atoms with van der Waals surface area (Å²) in [4.78, 5) is 3.90. The van der Waals surface area contributed by atoms with Crippen LogP contribution in [0.1, 0.15) is 0 Å². The third-order valence-corrected chi connectivity index (χ3v) is 4.16. The van der Waals surface area contributed by atoms with Crippen molar-refractivity contribution in [2.24, 2.45) is 5.10 Å². The minimum atomic E-state index is -4.46. The van der Waals surface area contributed by atoms with E-state index in [2.05, 4.69) is 15.5 Å². The van der Waals surface area contributed by atoms with E-state index < -0.39 is 15.8 Å². The molecule has 1 aromatic heterocycles. The summed E-state index contributed by atoms with van der Waals surface area (Å²) in [6, 6.07) is 13.7. The van der Waals surface area contributed by atoms with Crippen molar-refractivity contribution in [2.45, 2.75) is 4.90 Å². The molecule has 0 unspecified atom stereocenters. The quantitative estimate of drug-likeness (QED) is 0.405. The summed E-state index contributed by atoms with van der Waals surface area (Å²) in [5.74, 6) is 0.0739. The van der Waals surface area contributed by atoms with Gasteiger partial charge >= 0.3 is 0 Å². The zero-order valence-corrected chi connectivity index (χ0v) is 13.7. The maximum atomic E-state index is 11.4. The second kappa shape index (κ2) is 6.64. The third kappa shape index (κ3) is 3.37. The van der Waals surface area contributed by atoms with Crippen LogP contribution in [0.25, 0.3) is 22.6 Å². The first-order valence-electron chi connectivity index (χ1n) is 7.04. The van der Waals surface area contributed by atoms with Crippen molar-refractivity contribution in [3.8, 4) is 23.6 Å². The van der Waals surface area contributed by atoms with Crippen molar-refractivity contribution in [1.29, 1.82) is 10.5 Å². The third-order valence-electron chi connectivity index (χ3n) is 3.31. The molecule has 26 heavy (non-hydrogen) atoms. The van der Waals surface area contributed by atoms with Gasteiger partial charge in [0.2, 0.25) is 11.6 Å². The number of hydrogen-bond acceptors (Lipinski definition) is 8. The van der Waals surface area contributed by atoms with Crippen LogP contribution in [0.5, 0.6) is 0 Å². The number of hydrogen-bond donors (Lipinski definition) is 2. The largest absolute Gasteiger partial charge is 0.436 e. The molecule has 0 saturated heterocycles. The Hall–Kier alpha value is -3.73. The Kier molecular flexibility index (Phi) is 4.37. The molecule has 10 heteroatoms. The maximum Gasteiger partial charge on any atom is 0.294 e. The Morgan fingerprint density at radius 2 is 1.92 bits per heavy atom. The minimum absolute atomic E-state index is 0.0739. The zero-order chi connectivity index (χ0) is 18.7. The molecule has 0 spiro atoms. The molecular formula is C16H9N5O4S. The molecule has 0 saturated carbocycles. The number of anilines is 1. The number of benzene rings is 2. The number of nitrogens with zero attached hydrogens (tertiary/aromatic N) is 4. The molecule has 0 aliphatic carbocycles. The highest BCUT2D eigenvalue weighted by atomic mass is 32.2. The highest BCUT2D eigenvalue weighted by Gasteiger charge is 2.18. The summed E-state index contributed by atoms with van der Waals surface area (Å²) in [5.41, 5.74) is 3.51. The molecule has 0 atom stereocenters. The molecule has 2 N–H and O–H groups in total. The van der Waals surface area contributed by atoms with E-state index in [1.807, 2.05) is 0 Å². The van der Waals surface area contributed by atoms with E-state index in [4.69, 9.17) is 14.9 Å². The first-order chi connectivity index (χ1) is 12.4. The topological polar surface area (TPSA) is 152 Å². The lowest BCUT2D eigenvalue weighted by molar-refractivity contribution is 0.483. The van der Waals surface area contributed by atoms with E-state index in [1.165, 1.54) is 6.07 Å². The predicted octanol–water partition coefficient (Wildman–Crippen LogP) is 2.56. The van der Waals surface area contributed by atoms with Gasteiger partial charge in [-0.1, -0.05) is 12.1 Å². The van der Waals surface area contributed by atoms with Gasteiger partial charge in [0.05, 0.1) is 16.1 Å².